The molecule has 0 saturated heterocycles. The maximum atomic E-state index is 10.2. The molecule has 0 heterocycles. The maximum absolute atomic E-state index is 10.2. The van der Waals surface area contributed by atoms with E-state index in [0.717, 1.165) is 44.6 Å². The van der Waals surface area contributed by atoms with Crippen molar-refractivity contribution in [1.82, 2.24) is 4.90 Å². The van der Waals surface area contributed by atoms with Crippen LogP contribution in [0.4, 0.5) is 0 Å². The zero-order valence-electron chi connectivity index (χ0n) is 12.6. The van der Waals surface area contributed by atoms with Crippen molar-refractivity contribution >= 4 is 0 Å². The lowest BCUT2D eigenvalue weighted by atomic mass is 10.1. The van der Waals surface area contributed by atoms with Crippen LogP contribution in [0.5, 0.6) is 0 Å². The minimum Gasteiger partial charge on any atom is -0.388 e. The van der Waals surface area contributed by atoms with Gasteiger partial charge in [-0.3, -0.25) is 0 Å². The fraction of sp³-hybridized carbons (Fsp3) is 0.625. The Labute approximate surface area is 122 Å². The summed E-state index contributed by atoms with van der Waals surface area (Å²) in [5, 5.41) is 10.2. The van der Waals surface area contributed by atoms with Gasteiger partial charge in [0.05, 0.1) is 12.7 Å². The summed E-state index contributed by atoms with van der Waals surface area (Å²) in [5.74, 6) is 0. The average Bonchev–Trinajstić information content (AvgIpc) is 2.50. The molecule has 4 nitrogen and oxygen atoms in total. The molecule has 1 atom stereocenters. The van der Waals surface area contributed by atoms with E-state index in [2.05, 4.69) is 4.90 Å². The summed E-state index contributed by atoms with van der Waals surface area (Å²) < 4.78 is 10.2. The molecule has 0 fully saturated rings. The van der Waals surface area contributed by atoms with Gasteiger partial charge in [0.2, 0.25) is 0 Å². The molecule has 1 rings (SSSR count). The first-order valence-electron chi connectivity index (χ1n) is 7.21. The van der Waals surface area contributed by atoms with Crippen LogP contribution in [-0.4, -0.2) is 57.1 Å². The van der Waals surface area contributed by atoms with Gasteiger partial charge in [0, 0.05) is 40.5 Å². The predicted molar refractivity (Wildman–Crippen MR) is 80.8 cm³/mol. The van der Waals surface area contributed by atoms with E-state index in [1.807, 2.05) is 30.3 Å². The van der Waals surface area contributed by atoms with Gasteiger partial charge >= 0.3 is 0 Å². The maximum Gasteiger partial charge on any atom is 0.0802 e. The number of ether oxygens (including phenoxy) is 2. The van der Waals surface area contributed by atoms with Crippen molar-refractivity contribution in [1.29, 1.82) is 0 Å². The van der Waals surface area contributed by atoms with Crippen LogP contribution in [-0.2, 0) is 9.47 Å². The second-order valence-electron chi connectivity index (χ2n) is 4.90. The second kappa shape index (κ2) is 10.8. The number of hydrogen-bond acceptors (Lipinski definition) is 4. The van der Waals surface area contributed by atoms with Crippen molar-refractivity contribution in [3.63, 3.8) is 0 Å². The topological polar surface area (TPSA) is 41.9 Å². The quantitative estimate of drug-likeness (QED) is 0.631. The van der Waals surface area contributed by atoms with Crippen molar-refractivity contribution in [2.24, 2.45) is 0 Å². The van der Waals surface area contributed by atoms with Gasteiger partial charge in [-0.1, -0.05) is 30.3 Å². The summed E-state index contributed by atoms with van der Waals surface area (Å²) in [6.45, 7) is 4.21. The molecule has 0 aliphatic carbocycles. The zero-order chi connectivity index (χ0) is 14.6. The summed E-state index contributed by atoms with van der Waals surface area (Å²) in [5.41, 5.74) is 0.982. The SMILES string of the molecule is COCCCN(CCOC)CCC(O)c1ccccc1. The molecule has 20 heavy (non-hydrogen) atoms. The molecule has 0 radical (unpaired) electrons. The number of nitrogens with zero attached hydrogens (tertiary/aromatic N) is 1. The van der Waals surface area contributed by atoms with E-state index in [1.54, 1.807) is 14.2 Å². The van der Waals surface area contributed by atoms with E-state index >= 15 is 0 Å². The van der Waals surface area contributed by atoms with E-state index in [9.17, 15) is 5.11 Å². The predicted octanol–water partition coefficient (Wildman–Crippen LogP) is 2.09. The Morgan fingerprint density at radius 1 is 1.00 bits per heavy atom. The van der Waals surface area contributed by atoms with Crippen LogP contribution < -0.4 is 0 Å². The highest BCUT2D eigenvalue weighted by molar-refractivity contribution is 5.17. The molecule has 4 heteroatoms. The van der Waals surface area contributed by atoms with Gasteiger partial charge < -0.3 is 19.5 Å². The monoisotopic (exact) mass is 281 g/mol. The zero-order valence-corrected chi connectivity index (χ0v) is 12.6. The number of benzene rings is 1. The van der Waals surface area contributed by atoms with Gasteiger partial charge in [-0.15, -0.1) is 0 Å². The molecule has 0 spiro atoms. The van der Waals surface area contributed by atoms with Crippen LogP contribution in [0.25, 0.3) is 0 Å². The van der Waals surface area contributed by atoms with Crippen molar-refractivity contribution in [2.45, 2.75) is 18.9 Å². The molecule has 0 aliphatic rings. The Balaban J connectivity index is 2.35. The van der Waals surface area contributed by atoms with E-state index in [4.69, 9.17) is 9.47 Å². The van der Waals surface area contributed by atoms with Crippen LogP contribution >= 0.6 is 0 Å². The van der Waals surface area contributed by atoms with E-state index in [0.29, 0.717) is 6.61 Å². The molecular formula is C16H27NO3. The van der Waals surface area contributed by atoms with Crippen LogP contribution in [0.15, 0.2) is 30.3 Å². The Bertz CT molecular complexity index is 332. The minimum absolute atomic E-state index is 0.399. The van der Waals surface area contributed by atoms with Crippen LogP contribution in [0.3, 0.4) is 0 Å². The molecule has 114 valence electrons. The summed E-state index contributed by atoms with van der Waals surface area (Å²) in [4.78, 5) is 2.31. The summed E-state index contributed by atoms with van der Waals surface area (Å²) in [6, 6.07) is 9.82. The van der Waals surface area contributed by atoms with Gasteiger partial charge in [0.15, 0.2) is 0 Å². The number of methoxy groups -OCH3 is 2. The fourth-order valence-corrected chi connectivity index (χ4v) is 2.14. The summed E-state index contributed by atoms with van der Waals surface area (Å²) in [6.07, 6.45) is 1.34. The normalized spacial score (nSPS) is 12.8. The smallest absolute Gasteiger partial charge is 0.0802 e. The van der Waals surface area contributed by atoms with Crippen molar-refractivity contribution in [2.75, 3.05) is 47.1 Å². The second-order valence-corrected chi connectivity index (χ2v) is 4.90. The largest absolute Gasteiger partial charge is 0.388 e. The highest BCUT2D eigenvalue weighted by Gasteiger charge is 2.10. The summed E-state index contributed by atoms with van der Waals surface area (Å²) in [7, 11) is 3.44. The number of hydrogen-bond donors (Lipinski definition) is 1. The number of aliphatic hydroxyl groups is 1. The Morgan fingerprint density at radius 3 is 2.35 bits per heavy atom. The van der Waals surface area contributed by atoms with Crippen molar-refractivity contribution in [3.05, 3.63) is 35.9 Å². The van der Waals surface area contributed by atoms with Gasteiger partial charge in [-0.05, 0) is 18.4 Å². The third kappa shape index (κ3) is 7.01. The number of rotatable bonds is 11. The highest BCUT2D eigenvalue weighted by Crippen LogP contribution is 2.16. The fourth-order valence-electron chi connectivity index (χ4n) is 2.14. The molecule has 1 aromatic carbocycles. The molecule has 0 aromatic heterocycles. The number of aliphatic hydroxyl groups excluding tert-OH is 1. The van der Waals surface area contributed by atoms with Gasteiger partial charge in [0.25, 0.3) is 0 Å². The van der Waals surface area contributed by atoms with E-state index in [-0.39, 0.29) is 0 Å². The molecule has 0 saturated carbocycles. The Kier molecular flexibility index (Phi) is 9.24. The molecule has 1 unspecified atom stereocenters. The molecule has 0 aliphatic heterocycles. The van der Waals surface area contributed by atoms with Crippen molar-refractivity contribution < 1.29 is 14.6 Å². The van der Waals surface area contributed by atoms with Crippen LogP contribution in [0.1, 0.15) is 24.5 Å². The Hall–Kier alpha value is -0.940. The lowest BCUT2D eigenvalue weighted by molar-refractivity contribution is 0.109. The molecule has 1 N–H and O–H groups in total. The Morgan fingerprint density at radius 2 is 1.70 bits per heavy atom. The average molecular weight is 281 g/mol. The lowest BCUT2D eigenvalue weighted by Gasteiger charge is -2.23. The molecular weight excluding hydrogens is 254 g/mol. The van der Waals surface area contributed by atoms with Gasteiger partial charge in [0.1, 0.15) is 0 Å². The first kappa shape index (κ1) is 17.1. The first-order chi connectivity index (χ1) is 9.77. The van der Waals surface area contributed by atoms with E-state index < -0.39 is 6.10 Å². The van der Waals surface area contributed by atoms with Gasteiger partial charge in [-0.25, -0.2) is 0 Å². The molecule has 0 bridgehead atoms. The summed E-state index contributed by atoms with van der Waals surface area (Å²) >= 11 is 0. The standard InChI is InChI=1S/C16H27NO3/c1-19-13-6-10-17(12-14-20-2)11-9-16(18)15-7-4-3-5-8-15/h3-5,7-8,16,18H,6,9-14H2,1-2H3. The molecule has 1 aromatic rings. The minimum atomic E-state index is -0.399. The van der Waals surface area contributed by atoms with Crippen LogP contribution in [0.2, 0.25) is 0 Å². The van der Waals surface area contributed by atoms with E-state index in [1.165, 1.54) is 0 Å². The first-order valence-corrected chi connectivity index (χ1v) is 7.21. The van der Waals surface area contributed by atoms with Crippen LogP contribution in [0, 0.1) is 0 Å². The lowest BCUT2D eigenvalue weighted by Crippen LogP contribution is -2.31. The highest BCUT2D eigenvalue weighted by atomic mass is 16.5. The molecule has 0 amide bonds. The van der Waals surface area contributed by atoms with Crippen molar-refractivity contribution in [3.8, 4) is 0 Å². The van der Waals surface area contributed by atoms with Gasteiger partial charge in [-0.2, -0.15) is 0 Å². The third-order valence-corrected chi connectivity index (χ3v) is 3.34. The third-order valence-electron chi connectivity index (χ3n) is 3.34.